The van der Waals surface area contributed by atoms with Crippen LogP contribution in [0.2, 0.25) is 0 Å². The molecule has 1 aromatic carbocycles. The number of nitrogens with zero attached hydrogens (tertiary/aromatic N) is 3. The van der Waals surface area contributed by atoms with Gasteiger partial charge < -0.3 is 10.8 Å². The highest BCUT2D eigenvalue weighted by molar-refractivity contribution is 5.87. The van der Waals surface area contributed by atoms with Crippen molar-refractivity contribution in [2.24, 2.45) is 5.73 Å². The Labute approximate surface area is 109 Å². The van der Waals surface area contributed by atoms with E-state index >= 15 is 0 Å². The second-order valence-electron chi connectivity index (χ2n) is 4.66. The Hall–Kier alpha value is -2.21. The highest BCUT2D eigenvalue weighted by atomic mass is 16.4. The summed E-state index contributed by atoms with van der Waals surface area (Å²) >= 11 is 0. The molecule has 0 bridgehead atoms. The standard InChI is InChI=1S/C13H14N4O2/c14-7-11-12(8-1-2-8)17(16-15-11)10-5-3-9(4-6-10)13(18)19/h3-6,8H,1-2,7,14H2,(H,18,19). The van der Waals surface area contributed by atoms with Crippen LogP contribution in [0.4, 0.5) is 0 Å². The van der Waals surface area contributed by atoms with Gasteiger partial charge in [-0.3, -0.25) is 0 Å². The van der Waals surface area contributed by atoms with Gasteiger partial charge in [0.1, 0.15) is 5.69 Å². The molecule has 98 valence electrons. The Kier molecular flexibility index (Phi) is 2.79. The van der Waals surface area contributed by atoms with E-state index in [2.05, 4.69) is 10.3 Å². The molecule has 0 atom stereocenters. The molecular formula is C13H14N4O2. The molecule has 2 aromatic rings. The van der Waals surface area contributed by atoms with Crippen LogP contribution in [-0.4, -0.2) is 26.1 Å². The van der Waals surface area contributed by atoms with Gasteiger partial charge in [-0.15, -0.1) is 5.10 Å². The zero-order valence-corrected chi connectivity index (χ0v) is 10.3. The molecule has 0 unspecified atom stereocenters. The number of carboxylic acid groups (broad SMARTS) is 1. The average Bonchev–Trinajstić information content (AvgIpc) is 3.17. The lowest BCUT2D eigenvalue weighted by Gasteiger charge is -2.06. The van der Waals surface area contributed by atoms with Crippen molar-refractivity contribution in [3.05, 3.63) is 41.2 Å². The Morgan fingerprint density at radius 3 is 2.58 bits per heavy atom. The van der Waals surface area contributed by atoms with Gasteiger partial charge in [-0.25, -0.2) is 9.48 Å². The maximum absolute atomic E-state index is 10.8. The molecule has 1 saturated carbocycles. The summed E-state index contributed by atoms with van der Waals surface area (Å²) in [5, 5.41) is 17.1. The van der Waals surface area contributed by atoms with Crippen molar-refractivity contribution >= 4 is 5.97 Å². The van der Waals surface area contributed by atoms with E-state index in [1.165, 1.54) is 0 Å². The number of carbonyl (C=O) groups is 1. The third-order valence-corrected chi connectivity index (χ3v) is 3.29. The molecule has 6 nitrogen and oxygen atoms in total. The lowest BCUT2D eigenvalue weighted by Crippen LogP contribution is -2.05. The summed E-state index contributed by atoms with van der Waals surface area (Å²) in [6.45, 7) is 0.374. The van der Waals surface area contributed by atoms with Crippen molar-refractivity contribution in [1.82, 2.24) is 15.0 Å². The normalized spacial score (nSPS) is 14.6. The van der Waals surface area contributed by atoms with Gasteiger partial charge in [0.25, 0.3) is 0 Å². The van der Waals surface area contributed by atoms with E-state index in [9.17, 15) is 4.79 Å². The summed E-state index contributed by atoms with van der Waals surface area (Å²) in [5.74, 6) is -0.456. The minimum Gasteiger partial charge on any atom is -0.478 e. The number of carboxylic acids is 1. The van der Waals surface area contributed by atoms with Crippen molar-refractivity contribution in [2.75, 3.05) is 0 Å². The number of aromatic carboxylic acids is 1. The Morgan fingerprint density at radius 1 is 1.37 bits per heavy atom. The average molecular weight is 258 g/mol. The SMILES string of the molecule is NCc1nnn(-c2ccc(C(=O)O)cc2)c1C1CC1. The van der Waals surface area contributed by atoms with E-state index in [0.717, 1.165) is 29.9 Å². The second kappa shape index (κ2) is 4.47. The van der Waals surface area contributed by atoms with Crippen LogP contribution in [0.3, 0.4) is 0 Å². The van der Waals surface area contributed by atoms with Crippen LogP contribution in [0, 0.1) is 0 Å². The van der Waals surface area contributed by atoms with Crippen molar-refractivity contribution < 1.29 is 9.90 Å². The van der Waals surface area contributed by atoms with Gasteiger partial charge >= 0.3 is 5.97 Å². The first-order chi connectivity index (χ1) is 9.20. The van der Waals surface area contributed by atoms with Crippen LogP contribution in [0.25, 0.3) is 5.69 Å². The van der Waals surface area contributed by atoms with Crippen molar-refractivity contribution in [2.45, 2.75) is 25.3 Å². The van der Waals surface area contributed by atoms with E-state index in [-0.39, 0.29) is 5.56 Å². The predicted molar refractivity (Wildman–Crippen MR) is 68.2 cm³/mol. The number of aromatic nitrogens is 3. The minimum atomic E-state index is -0.935. The molecule has 0 spiro atoms. The maximum Gasteiger partial charge on any atom is 0.335 e. The molecule has 0 saturated heterocycles. The Balaban J connectivity index is 2.01. The molecule has 1 aliphatic rings. The highest BCUT2D eigenvalue weighted by Crippen LogP contribution is 2.41. The molecule has 0 amide bonds. The Morgan fingerprint density at radius 2 is 2.05 bits per heavy atom. The first kappa shape index (κ1) is 11.9. The number of benzene rings is 1. The van der Waals surface area contributed by atoms with Crippen LogP contribution in [0.1, 0.15) is 40.5 Å². The largest absolute Gasteiger partial charge is 0.478 e. The number of rotatable bonds is 4. The second-order valence-corrected chi connectivity index (χ2v) is 4.66. The van der Waals surface area contributed by atoms with E-state index in [1.807, 2.05) is 0 Å². The van der Waals surface area contributed by atoms with Crippen LogP contribution >= 0.6 is 0 Å². The smallest absolute Gasteiger partial charge is 0.335 e. The quantitative estimate of drug-likeness (QED) is 0.862. The van der Waals surface area contributed by atoms with Gasteiger partial charge in [0.2, 0.25) is 0 Å². The van der Waals surface area contributed by atoms with Gasteiger partial charge in [0.15, 0.2) is 0 Å². The van der Waals surface area contributed by atoms with E-state index in [4.69, 9.17) is 10.8 Å². The van der Waals surface area contributed by atoms with Gasteiger partial charge in [-0.2, -0.15) is 0 Å². The third-order valence-electron chi connectivity index (χ3n) is 3.29. The number of hydrogen-bond donors (Lipinski definition) is 2. The predicted octanol–water partition coefficient (Wildman–Crippen LogP) is 1.30. The van der Waals surface area contributed by atoms with Crippen molar-refractivity contribution in [3.8, 4) is 5.69 Å². The summed E-state index contributed by atoms with van der Waals surface area (Å²) in [7, 11) is 0. The van der Waals surface area contributed by atoms with Crippen LogP contribution in [-0.2, 0) is 6.54 Å². The molecule has 1 aliphatic carbocycles. The zero-order valence-electron chi connectivity index (χ0n) is 10.3. The minimum absolute atomic E-state index is 0.260. The molecule has 0 aliphatic heterocycles. The lowest BCUT2D eigenvalue weighted by molar-refractivity contribution is 0.0697. The maximum atomic E-state index is 10.8. The molecule has 3 rings (SSSR count). The van der Waals surface area contributed by atoms with E-state index in [1.54, 1.807) is 28.9 Å². The lowest BCUT2D eigenvalue weighted by atomic mass is 10.2. The molecule has 3 N–H and O–H groups in total. The fraction of sp³-hybridized carbons (Fsp3) is 0.308. The third kappa shape index (κ3) is 2.10. The zero-order chi connectivity index (χ0) is 13.4. The van der Waals surface area contributed by atoms with Crippen LogP contribution < -0.4 is 5.73 Å². The van der Waals surface area contributed by atoms with Crippen molar-refractivity contribution in [1.29, 1.82) is 0 Å². The fourth-order valence-electron chi connectivity index (χ4n) is 2.17. The van der Waals surface area contributed by atoms with Crippen LogP contribution in [0.15, 0.2) is 24.3 Å². The van der Waals surface area contributed by atoms with Gasteiger partial charge in [0.05, 0.1) is 16.9 Å². The first-order valence-corrected chi connectivity index (χ1v) is 6.19. The number of hydrogen-bond acceptors (Lipinski definition) is 4. The van der Waals surface area contributed by atoms with Gasteiger partial charge in [-0.05, 0) is 37.1 Å². The summed E-state index contributed by atoms with van der Waals surface area (Å²) < 4.78 is 1.77. The summed E-state index contributed by atoms with van der Waals surface area (Å²) in [4.78, 5) is 10.8. The molecule has 0 radical (unpaired) electrons. The monoisotopic (exact) mass is 258 g/mol. The molecule has 19 heavy (non-hydrogen) atoms. The van der Waals surface area contributed by atoms with Crippen molar-refractivity contribution in [3.63, 3.8) is 0 Å². The Bertz CT molecular complexity index is 614. The molecule has 1 aromatic heterocycles. The topological polar surface area (TPSA) is 94.0 Å². The number of nitrogens with two attached hydrogens (primary N) is 1. The molecule has 1 fully saturated rings. The molecular weight excluding hydrogens is 244 g/mol. The van der Waals surface area contributed by atoms with Gasteiger partial charge in [-0.1, -0.05) is 5.21 Å². The van der Waals surface area contributed by atoms with Crippen LogP contribution in [0.5, 0.6) is 0 Å². The summed E-state index contributed by atoms with van der Waals surface area (Å²) in [5.41, 5.74) is 8.64. The van der Waals surface area contributed by atoms with E-state index in [0.29, 0.717) is 12.5 Å². The van der Waals surface area contributed by atoms with Gasteiger partial charge in [0, 0.05) is 12.5 Å². The van der Waals surface area contributed by atoms with E-state index < -0.39 is 5.97 Å². The fourth-order valence-corrected chi connectivity index (χ4v) is 2.17. The summed E-state index contributed by atoms with van der Waals surface area (Å²) in [6.07, 6.45) is 2.27. The molecule has 1 heterocycles. The summed E-state index contributed by atoms with van der Waals surface area (Å²) in [6, 6.07) is 6.62. The highest BCUT2D eigenvalue weighted by Gasteiger charge is 2.31. The molecule has 6 heteroatoms. The first-order valence-electron chi connectivity index (χ1n) is 6.19.